The summed E-state index contributed by atoms with van der Waals surface area (Å²) >= 11 is 12.3. The Balaban J connectivity index is 2.23. The quantitative estimate of drug-likeness (QED) is 0.843. The summed E-state index contributed by atoms with van der Waals surface area (Å²) in [6, 6.07) is 12.7. The minimum Gasteiger partial charge on any atom is -0.380 e. The molecule has 19 heavy (non-hydrogen) atoms. The summed E-state index contributed by atoms with van der Waals surface area (Å²) in [7, 11) is 0. The molecule has 0 aromatic heterocycles. The molecule has 0 bridgehead atoms. The highest BCUT2D eigenvalue weighted by Crippen LogP contribution is 2.48. The molecule has 2 aromatic carbocycles. The minimum atomic E-state index is -1.17. The zero-order valence-corrected chi connectivity index (χ0v) is 11.6. The lowest BCUT2D eigenvalue weighted by molar-refractivity contribution is 0.0777. The van der Waals surface area contributed by atoms with Gasteiger partial charge in [0.2, 0.25) is 0 Å². The van der Waals surface area contributed by atoms with Crippen LogP contribution in [0.3, 0.4) is 0 Å². The average molecular weight is 294 g/mol. The molecule has 0 heterocycles. The van der Waals surface area contributed by atoms with Gasteiger partial charge >= 0.3 is 0 Å². The Labute approximate surface area is 121 Å². The highest BCUT2D eigenvalue weighted by molar-refractivity contribution is 6.42. The van der Waals surface area contributed by atoms with Crippen LogP contribution in [0.2, 0.25) is 10.0 Å². The molecule has 0 aliphatic heterocycles. The number of fused-ring (bicyclic) bond motifs is 1. The van der Waals surface area contributed by atoms with Gasteiger partial charge in [0.25, 0.3) is 0 Å². The van der Waals surface area contributed by atoms with E-state index in [1.807, 2.05) is 24.3 Å². The van der Waals surface area contributed by atoms with E-state index in [1.165, 1.54) is 0 Å². The second-order valence-electron chi connectivity index (χ2n) is 4.86. The monoisotopic (exact) mass is 293 g/mol. The van der Waals surface area contributed by atoms with Crippen molar-refractivity contribution in [2.24, 2.45) is 5.73 Å². The number of benzene rings is 2. The summed E-state index contributed by atoms with van der Waals surface area (Å²) in [4.78, 5) is 0. The van der Waals surface area contributed by atoms with Gasteiger partial charge in [-0.05, 0) is 17.2 Å². The molecule has 3 N–H and O–H groups in total. The lowest BCUT2D eigenvalue weighted by atomic mass is 9.88. The zero-order valence-electron chi connectivity index (χ0n) is 10.1. The fourth-order valence-corrected chi connectivity index (χ4v) is 3.27. The van der Waals surface area contributed by atoms with E-state index in [0.29, 0.717) is 22.0 Å². The van der Waals surface area contributed by atoms with Crippen molar-refractivity contribution < 1.29 is 5.11 Å². The molecule has 0 saturated heterocycles. The largest absolute Gasteiger partial charge is 0.380 e. The highest BCUT2D eigenvalue weighted by Gasteiger charge is 2.43. The lowest BCUT2D eigenvalue weighted by Crippen LogP contribution is -2.25. The van der Waals surface area contributed by atoms with E-state index >= 15 is 0 Å². The molecular formula is C15H13Cl2NO. The van der Waals surface area contributed by atoms with E-state index in [1.54, 1.807) is 18.2 Å². The van der Waals surface area contributed by atoms with Gasteiger partial charge in [-0.2, -0.15) is 0 Å². The van der Waals surface area contributed by atoms with Crippen LogP contribution in [0.5, 0.6) is 0 Å². The summed E-state index contributed by atoms with van der Waals surface area (Å²) in [5.74, 6) is 0. The Morgan fingerprint density at radius 2 is 1.74 bits per heavy atom. The molecule has 2 aromatic rings. The summed E-state index contributed by atoms with van der Waals surface area (Å²) in [6.45, 7) is 0. The van der Waals surface area contributed by atoms with Crippen molar-refractivity contribution in [1.82, 2.24) is 0 Å². The summed E-state index contributed by atoms with van der Waals surface area (Å²) in [6.07, 6.45) is 0.409. The number of aliphatic hydroxyl groups is 1. The molecule has 1 aliphatic carbocycles. The number of hydrogen-bond donors (Lipinski definition) is 2. The number of hydrogen-bond acceptors (Lipinski definition) is 2. The Kier molecular flexibility index (Phi) is 3.06. The SMILES string of the molecule is NC1CC(O)(c2cccc(Cl)c2Cl)c2ccccc21. The molecule has 1 aliphatic rings. The molecular weight excluding hydrogens is 281 g/mol. The van der Waals surface area contributed by atoms with Crippen LogP contribution in [0, 0.1) is 0 Å². The Bertz CT molecular complexity index is 644. The van der Waals surface area contributed by atoms with Gasteiger partial charge < -0.3 is 10.8 Å². The van der Waals surface area contributed by atoms with Gasteiger partial charge in [0.05, 0.1) is 10.0 Å². The van der Waals surface area contributed by atoms with Gasteiger partial charge in [-0.3, -0.25) is 0 Å². The maximum Gasteiger partial charge on any atom is 0.118 e. The second-order valence-corrected chi connectivity index (χ2v) is 5.64. The summed E-state index contributed by atoms with van der Waals surface area (Å²) < 4.78 is 0. The summed E-state index contributed by atoms with van der Waals surface area (Å²) in [5, 5.41) is 11.9. The number of nitrogens with two attached hydrogens (primary N) is 1. The molecule has 0 saturated carbocycles. The average Bonchev–Trinajstić information content (AvgIpc) is 2.67. The topological polar surface area (TPSA) is 46.2 Å². The predicted molar refractivity (Wildman–Crippen MR) is 77.4 cm³/mol. The molecule has 4 heteroatoms. The standard InChI is InChI=1S/C15H13Cl2NO/c16-12-7-3-6-11(14(12)17)15(19)8-13(18)9-4-1-2-5-10(9)15/h1-7,13,19H,8,18H2. The van der Waals surface area contributed by atoms with Gasteiger partial charge in [-0.15, -0.1) is 0 Å². The van der Waals surface area contributed by atoms with E-state index in [-0.39, 0.29) is 6.04 Å². The molecule has 0 amide bonds. The van der Waals surface area contributed by atoms with E-state index in [9.17, 15) is 5.11 Å². The first-order valence-electron chi connectivity index (χ1n) is 6.06. The fourth-order valence-electron chi connectivity index (χ4n) is 2.81. The van der Waals surface area contributed by atoms with E-state index in [0.717, 1.165) is 11.1 Å². The molecule has 98 valence electrons. The van der Waals surface area contributed by atoms with Crippen LogP contribution in [0.25, 0.3) is 0 Å². The van der Waals surface area contributed by atoms with Crippen LogP contribution in [-0.4, -0.2) is 5.11 Å². The predicted octanol–water partition coefficient (Wildman–Crippen LogP) is 3.63. The van der Waals surface area contributed by atoms with E-state index in [2.05, 4.69) is 0 Å². The van der Waals surface area contributed by atoms with Gasteiger partial charge in [0.15, 0.2) is 0 Å². The van der Waals surface area contributed by atoms with Gasteiger partial charge in [0, 0.05) is 18.0 Å². The molecule has 2 nitrogen and oxygen atoms in total. The first-order valence-corrected chi connectivity index (χ1v) is 6.81. The third kappa shape index (κ3) is 1.87. The van der Waals surface area contributed by atoms with Gasteiger partial charge in [-0.25, -0.2) is 0 Å². The van der Waals surface area contributed by atoms with Crippen LogP contribution >= 0.6 is 23.2 Å². The first-order chi connectivity index (χ1) is 9.04. The van der Waals surface area contributed by atoms with Crippen LogP contribution in [0.15, 0.2) is 42.5 Å². The fraction of sp³-hybridized carbons (Fsp3) is 0.200. The third-order valence-electron chi connectivity index (χ3n) is 3.72. The summed E-state index contributed by atoms with van der Waals surface area (Å²) in [5.41, 5.74) is 7.33. The van der Waals surface area contributed by atoms with Gasteiger partial charge in [-0.1, -0.05) is 59.6 Å². The zero-order chi connectivity index (χ0) is 13.6. The van der Waals surface area contributed by atoms with Gasteiger partial charge in [0.1, 0.15) is 5.60 Å². The van der Waals surface area contributed by atoms with Crippen molar-refractivity contribution >= 4 is 23.2 Å². The van der Waals surface area contributed by atoms with Crippen LogP contribution in [-0.2, 0) is 5.60 Å². The molecule has 0 fully saturated rings. The second kappa shape index (κ2) is 4.50. The van der Waals surface area contributed by atoms with Crippen molar-refractivity contribution in [2.45, 2.75) is 18.1 Å². The molecule has 0 spiro atoms. The molecule has 2 unspecified atom stereocenters. The molecule has 3 rings (SSSR count). The van der Waals surface area contributed by atoms with Crippen molar-refractivity contribution in [2.75, 3.05) is 0 Å². The smallest absolute Gasteiger partial charge is 0.118 e. The van der Waals surface area contributed by atoms with Crippen LogP contribution in [0.4, 0.5) is 0 Å². The van der Waals surface area contributed by atoms with E-state index < -0.39 is 5.60 Å². The van der Waals surface area contributed by atoms with Crippen LogP contribution in [0.1, 0.15) is 29.2 Å². The number of halogens is 2. The van der Waals surface area contributed by atoms with Crippen LogP contribution < -0.4 is 5.73 Å². The Morgan fingerprint density at radius 3 is 2.53 bits per heavy atom. The normalized spacial score (nSPS) is 25.4. The molecule has 2 atom stereocenters. The first kappa shape index (κ1) is 12.9. The third-order valence-corrected chi connectivity index (χ3v) is 4.54. The Hall–Kier alpha value is -1.06. The molecule has 0 radical (unpaired) electrons. The Morgan fingerprint density at radius 1 is 1.05 bits per heavy atom. The van der Waals surface area contributed by atoms with E-state index in [4.69, 9.17) is 28.9 Å². The lowest BCUT2D eigenvalue weighted by Gasteiger charge is -2.26. The maximum atomic E-state index is 11.1. The maximum absolute atomic E-state index is 11.1. The van der Waals surface area contributed by atoms with Crippen molar-refractivity contribution in [3.63, 3.8) is 0 Å². The van der Waals surface area contributed by atoms with Crippen molar-refractivity contribution in [3.8, 4) is 0 Å². The van der Waals surface area contributed by atoms with Crippen molar-refractivity contribution in [1.29, 1.82) is 0 Å². The van der Waals surface area contributed by atoms with Crippen molar-refractivity contribution in [3.05, 3.63) is 69.2 Å². The minimum absolute atomic E-state index is 0.198. The number of rotatable bonds is 1. The highest BCUT2D eigenvalue weighted by atomic mass is 35.5.